The molecule has 1 amide bonds. The predicted octanol–water partition coefficient (Wildman–Crippen LogP) is 4.13. The number of para-hydroxylation sites is 1. The lowest BCUT2D eigenvalue weighted by Crippen LogP contribution is -2.17. The van der Waals surface area contributed by atoms with Crippen LogP contribution in [0.4, 0.5) is 17.1 Å². The van der Waals surface area contributed by atoms with Gasteiger partial charge >= 0.3 is 0 Å². The molecule has 0 fully saturated rings. The summed E-state index contributed by atoms with van der Waals surface area (Å²) in [6, 6.07) is 23.2. The van der Waals surface area contributed by atoms with Crippen LogP contribution in [0.3, 0.4) is 0 Å². The highest BCUT2D eigenvalue weighted by atomic mass is 16.6. The molecule has 7 nitrogen and oxygen atoms in total. The number of benzene rings is 3. The van der Waals surface area contributed by atoms with E-state index in [0.717, 1.165) is 16.9 Å². The van der Waals surface area contributed by atoms with Crippen molar-refractivity contribution in [3.8, 4) is 0 Å². The van der Waals surface area contributed by atoms with Crippen LogP contribution >= 0.6 is 0 Å². The summed E-state index contributed by atoms with van der Waals surface area (Å²) >= 11 is 0. The smallest absolute Gasteiger partial charge is 0.271 e. The van der Waals surface area contributed by atoms with Gasteiger partial charge in [-0.05, 0) is 35.9 Å². The van der Waals surface area contributed by atoms with E-state index < -0.39 is 10.8 Å². The van der Waals surface area contributed by atoms with Gasteiger partial charge in [0.1, 0.15) is 0 Å². The van der Waals surface area contributed by atoms with Gasteiger partial charge in [0.2, 0.25) is 0 Å². The lowest BCUT2D eigenvalue weighted by molar-refractivity contribution is -0.384. The van der Waals surface area contributed by atoms with E-state index in [1.807, 2.05) is 61.6 Å². The summed E-state index contributed by atoms with van der Waals surface area (Å²) in [6.07, 6.45) is 1.52. The van der Waals surface area contributed by atoms with Gasteiger partial charge in [-0.3, -0.25) is 14.9 Å². The highest BCUT2D eigenvalue weighted by Crippen LogP contribution is 2.22. The first kappa shape index (κ1) is 18.8. The Bertz CT molecular complexity index is 1000. The number of nitro groups is 1. The molecule has 0 atom stereocenters. The Hall–Kier alpha value is -4.00. The molecule has 0 saturated carbocycles. The van der Waals surface area contributed by atoms with Crippen LogP contribution in [0.2, 0.25) is 0 Å². The number of hydrogen-bond donors (Lipinski definition) is 1. The second-order valence-corrected chi connectivity index (χ2v) is 5.99. The molecule has 140 valence electrons. The van der Waals surface area contributed by atoms with E-state index in [2.05, 4.69) is 15.4 Å². The van der Waals surface area contributed by atoms with Gasteiger partial charge in [-0.25, -0.2) is 5.43 Å². The third-order valence-electron chi connectivity index (χ3n) is 4.12. The van der Waals surface area contributed by atoms with E-state index in [-0.39, 0.29) is 11.3 Å². The highest BCUT2D eigenvalue weighted by Gasteiger charge is 2.10. The van der Waals surface area contributed by atoms with Crippen LogP contribution in [0.5, 0.6) is 0 Å². The summed E-state index contributed by atoms with van der Waals surface area (Å²) in [5.41, 5.74) is 5.31. The number of nitro benzene ring substituents is 1. The molecule has 0 aliphatic carbocycles. The fourth-order valence-corrected chi connectivity index (χ4v) is 2.58. The monoisotopic (exact) mass is 374 g/mol. The van der Waals surface area contributed by atoms with E-state index in [4.69, 9.17) is 0 Å². The minimum atomic E-state index is -0.548. The molecule has 0 aromatic heterocycles. The van der Waals surface area contributed by atoms with Gasteiger partial charge in [0.05, 0.1) is 11.1 Å². The lowest BCUT2D eigenvalue weighted by atomic mass is 10.2. The van der Waals surface area contributed by atoms with Crippen molar-refractivity contribution in [1.29, 1.82) is 0 Å². The van der Waals surface area contributed by atoms with E-state index in [9.17, 15) is 14.9 Å². The summed E-state index contributed by atoms with van der Waals surface area (Å²) in [6.45, 7) is 0. The van der Waals surface area contributed by atoms with Gasteiger partial charge in [0.15, 0.2) is 0 Å². The van der Waals surface area contributed by atoms with Crippen LogP contribution in [0.25, 0.3) is 0 Å². The molecule has 7 heteroatoms. The average Bonchev–Trinajstić information content (AvgIpc) is 2.74. The molecular formula is C21H18N4O3. The Morgan fingerprint density at radius 3 is 2.36 bits per heavy atom. The Morgan fingerprint density at radius 2 is 1.68 bits per heavy atom. The van der Waals surface area contributed by atoms with Crippen LogP contribution in [0.15, 0.2) is 84.0 Å². The third kappa shape index (κ3) is 4.59. The van der Waals surface area contributed by atoms with Crippen molar-refractivity contribution in [3.05, 3.63) is 100 Å². The van der Waals surface area contributed by atoms with E-state index in [1.54, 1.807) is 0 Å². The summed E-state index contributed by atoms with van der Waals surface area (Å²) < 4.78 is 0. The Balaban J connectivity index is 1.62. The van der Waals surface area contributed by atoms with Gasteiger partial charge in [-0.15, -0.1) is 0 Å². The lowest BCUT2D eigenvalue weighted by Gasteiger charge is -2.19. The normalized spacial score (nSPS) is 10.6. The van der Waals surface area contributed by atoms with Crippen molar-refractivity contribution in [2.75, 3.05) is 11.9 Å². The number of amides is 1. The number of nitrogens with zero attached hydrogens (tertiary/aromatic N) is 3. The number of anilines is 2. The van der Waals surface area contributed by atoms with Crippen molar-refractivity contribution < 1.29 is 9.72 Å². The third-order valence-corrected chi connectivity index (χ3v) is 4.12. The first-order valence-electron chi connectivity index (χ1n) is 8.51. The molecule has 1 N–H and O–H groups in total. The quantitative estimate of drug-likeness (QED) is 0.399. The fourth-order valence-electron chi connectivity index (χ4n) is 2.58. The average molecular weight is 374 g/mol. The number of non-ortho nitro benzene ring substituents is 1. The van der Waals surface area contributed by atoms with Gasteiger partial charge < -0.3 is 4.90 Å². The molecule has 0 bridgehead atoms. The maximum atomic E-state index is 12.1. The number of rotatable bonds is 6. The Morgan fingerprint density at radius 1 is 1.00 bits per heavy atom. The summed E-state index contributed by atoms with van der Waals surface area (Å²) in [4.78, 5) is 24.4. The zero-order valence-corrected chi connectivity index (χ0v) is 15.1. The molecule has 3 rings (SSSR count). The van der Waals surface area contributed by atoms with E-state index in [0.29, 0.717) is 0 Å². The van der Waals surface area contributed by atoms with E-state index in [1.165, 1.54) is 30.5 Å². The number of carbonyl (C=O) groups excluding carboxylic acids is 1. The Kier molecular flexibility index (Phi) is 5.76. The molecule has 0 spiro atoms. The van der Waals surface area contributed by atoms with Crippen LogP contribution in [0.1, 0.15) is 15.9 Å². The summed E-state index contributed by atoms with van der Waals surface area (Å²) in [7, 11) is 1.98. The summed E-state index contributed by atoms with van der Waals surface area (Å²) in [5.74, 6) is -0.514. The first-order chi connectivity index (χ1) is 13.5. The van der Waals surface area contributed by atoms with Crippen molar-refractivity contribution in [2.24, 2.45) is 5.10 Å². The van der Waals surface area contributed by atoms with Crippen LogP contribution < -0.4 is 10.3 Å². The first-order valence-corrected chi connectivity index (χ1v) is 8.51. The van der Waals surface area contributed by atoms with Gasteiger partial charge in [-0.2, -0.15) is 5.10 Å². The SMILES string of the molecule is CN(c1ccccc1)c1ccc(/C=N/NC(=O)c2cccc([N+](=O)[O-])c2)cc1. The molecular weight excluding hydrogens is 356 g/mol. The zero-order chi connectivity index (χ0) is 19.9. The number of carbonyl (C=O) groups is 1. The molecule has 0 heterocycles. The topological polar surface area (TPSA) is 87.8 Å². The van der Waals surface area contributed by atoms with Crippen LogP contribution in [-0.4, -0.2) is 24.1 Å². The molecule has 0 unspecified atom stereocenters. The molecule has 3 aromatic carbocycles. The summed E-state index contributed by atoms with van der Waals surface area (Å²) in [5, 5.41) is 14.7. The van der Waals surface area contributed by atoms with Crippen molar-refractivity contribution >= 4 is 29.2 Å². The van der Waals surface area contributed by atoms with Gasteiger partial charge in [-0.1, -0.05) is 36.4 Å². The van der Waals surface area contributed by atoms with Crippen molar-refractivity contribution in [1.82, 2.24) is 5.43 Å². The molecule has 3 aromatic rings. The maximum absolute atomic E-state index is 12.1. The highest BCUT2D eigenvalue weighted by molar-refractivity contribution is 5.95. The Labute approximate surface area is 162 Å². The van der Waals surface area contributed by atoms with E-state index >= 15 is 0 Å². The predicted molar refractivity (Wildman–Crippen MR) is 109 cm³/mol. The second-order valence-electron chi connectivity index (χ2n) is 5.99. The number of hydrogen-bond acceptors (Lipinski definition) is 5. The van der Waals surface area contributed by atoms with Crippen molar-refractivity contribution in [2.45, 2.75) is 0 Å². The number of hydrazone groups is 1. The molecule has 0 radical (unpaired) electrons. The molecule has 28 heavy (non-hydrogen) atoms. The molecule has 0 aliphatic heterocycles. The molecule has 0 aliphatic rings. The second kappa shape index (κ2) is 8.59. The van der Waals surface area contributed by atoms with Crippen LogP contribution in [-0.2, 0) is 0 Å². The maximum Gasteiger partial charge on any atom is 0.271 e. The number of nitrogens with one attached hydrogen (secondary N) is 1. The fraction of sp³-hybridized carbons (Fsp3) is 0.0476. The molecule has 0 saturated heterocycles. The minimum absolute atomic E-state index is 0.144. The van der Waals surface area contributed by atoms with Gasteiger partial charge in [0, 0.05) is 36.1 Å². The van der Waals surface area contributed by atoms with Crippen molar-refractivity contribution in [3.63, 3.8) is 0 Å². The zero-order valence-electron chi connectivity index (χ0n) is 15.1. The largest absolute Gasteiger partial charge is 0.345 e. The minimum Gasteiger partial charge on any atom is -0.345 e. The standard InChI is InChI=1S/C21H18N4O3/c1-24(18-7-3-2-4-8-18)19-12-10-16(11-13-19)15-22-23-21(26)17-6-5-9-20(14-17)25(27)28/h2-15H,1H3,(H,23,26)/b22-15+. The van der Waals surface area contributed by atoms with Crippen LogP contribution in [0, 0.1) is 10.1 Å². The van der Waals surface area contributed by atoms with Gasteiger partial charge in [0.25, 0.3) is 11.6 Å².